The Morgan fingerprint density at radius 3 is 2.63 bits per heavy atom. The Morgan fingerprint density at radius 1 is 1.21 bits per heavy atom. The molecular formula is C16H27ClN2. The van der Waals surface area contributed by atoms with Gasteiger partial charge in [-0.2, -0.15) is 0 Å². The van der Waals surface area contributed by atoms with Crippen molar-refractivity contribution >= 4 is 11.6 Å². The fourth-order valence-electron chi connectivity index (χ4n) is 2.16. The summed E-state index contributed by atoms with van der Waals surface area (Å²) < 4.78 is 0. The summed E-state index contributed by atoms with van der Waals surface area (Å²) in [6.45, 7) is 7.79. The largest absolute Gasteiger partial charge is 0.317 e. The van der Waals surface area contributed by atoms with Crippen LogP contribution in [0.3, 0.4) is 0 Å². The molecule has 0 aliphatic rings. The van der Waals surface area contributed by atoms with Crippen molar-refractivity contribution in [1.29, 1.82) is 0 Å². The molecule has 0 amide bonds. The molecule has 0 fully saturated rings. The van der Waals surface area contributed by atoms with Crippen molar-refractivity contribution in [3.05, 3.63) is 34.9 Å². The molecular weight excluding hydrogens is 256 g/mol. The third-order valence-electron chi connectivity index (χ3n) is 3.56. The Labute approximate surface area is 123 Å². The SMILES string of the molecule is CCCNCCCCN(C)C(C)c1ccccc1Cl. The highest BCUT2D eigenvalue weighted by Gasteiger charge is 2.13. The molecule has 0 spiro atoms. The van der Waals surface area contributed by atoms with Crippen LogP contribution in [0.1, 0.15) is 44.7 Å². The van der Waals surface area contributed by atoms with E-state index in [0.717, 1.165) is 24.7 Å². The number of nitrogens with zero attached hydrogens (tertiary/aromatic N) is 1. The first-order chi connectivity index (χ1) is 9.16. The third-order valence-corrected chi connectivity index (χ3v) is 3.90. The van der Waals surface area contributed by atoms with E-state index in [1.807, 2.05) is 12.1 Å². The van der Waals surface area contributed by atoms with E-state index < -0.39 is 0 Å². The highest BCUT2D eigenvalue weighted by Crippen LogP contribution is 2.26. The average molecular weight is 283 g/mol. The zero-order chi connectivity index (χ0) is 14.1. The van der Waals surface area contributed by atoms with Gasteiger partial charge in [-0.25, -0.2) is 0 Å². The van der Waals surface area contributed by atoms with Crippen molar-refractivity contribution in [3.63, 3.8) is 0 Å². The lowest BCUT2D eigenvalue weighted by atomic mass is 10.1. The van der Waals surface area contributed by atoms with Crippen LogP contribution in [0.2, 0.25) is 5.02 Å². The van der Waals surface area contributed by atoms with Crippen LogP contribution in [0.15, 0.2) is 24.3 Å². The fourth-order valence-corrected chi connectivity index (χ4v) is 2.45. The third kappa shape index (κ3) is 5.94. The fraction of sp³-hybridized carbons (Fsp3) is 0.625. The molecule has 0 aromatic heterocycles. The van der Waals surface area contributed by atoms with Gasteiger partial charge in [0, 0.05) is 11.1 Å². The molecule has 0 heterocycles. The zero-order valence-electron chi connectivity index (χ0n) is 12.5. The Morgan fingerprint density at radius 2 is 1.95 bits per heavy atom. The van der Waals surface area contributed by atoms with E-state index in [2.05, 4.69) is 43.2 Å². The number of hydrogen-bond acceptors (Lipinski definition) is 2. The smallest absolute Gasteiger partial charge is 0.0453 e. The lowest BCUT2D eigenvalue weighted by Gasteiger charge is -2.25. The van der Waals surface area contributed by atoms with Gasteiger partial charge in [-0.15, -0.1) is 0 Å². The van der Waals surface area contributed by atoms with Crippen LogP contribution in [0.25, 0.3) is 0 Å². The van der Waals surface area contributed by atoms with Gasteiger partial charge in [0.05, 0.1) is 0 Å². The number of hydrogen-bond donors (Lipinski definition) is 1. The van der Waals surface area contributed by atoms with Gasteiger partial charge >= 0.3 is 0 Å². The van der Waals surface area contributed by atoms with Gasteiger partial charge in [0.2, 0.25) is 0 Å². The molecule has 0 aliphatic carbocycles. The molecule has 1 rings (SSSR count). The van der Waals surface area contributed by atoms with Crippen LogP contribution in [0.5, 0.6) is 0 Å². The molecule has 0 aliphatic heterocycles. The summed E-state index contributed by atoms with van der Waals surface area (Å²) in [6, 6.07) is 8.50. The summed E-state index contributed by atoms with van der Waals surface area (Å²) in [5.74, 6) is 0. The van der Waals surface area contributed by atoms with Crippen molar-refractivity contribution in [2.45, 2.75) is 39.2 Å². The van der Waals surface area contributed by atoms with Crippen LogP contribution < -0.4 is 5.32 Å². The van der Waals surface area contributed by atoms with Gasteiger partial charge in [-0.3, -0.25) is 4.90 Å². The van der Waals surface area contributed by atoms with Crippen LogP contribution in [-0.2, 0) is 0 Å². The summed E-state index contributed by atoms with van der Waals surface area (Å²) in [7, 11) is 2.17. The zero-order valence-corrected chi connectivity index (χ0v) is 13.2. The molecule has 108 valence electrons. The predicted molar refractivity (Wildman–Crippen MR) is 84.9 cm³/mol. The molecule has 3 heteroatoms. The van der Waals surface area contributed by atoms with Crippen LogP contribution >= 0.6 is 11.6 Å². The standard InChI is InChI=1S/C16H27ClN2/c1-4-11-18-12-7-8-13-19(3)14(2)15-9-5-6-10-16(15)17/h5-6,9-10,14,18H,4,7-8,11-13H2,1-3H3. The second-order valence-corrected chi connectivity index (χ2v) is 5.54. The Hall–Kier alpha value is -0.570. The highest BCUT2D eigenvalue weighted by molar-refractivity contribution is 6.31. The second-order valence-electron chi connectivity index (χ2n) is 5.14. The molecule has 2 nitrogen and oxygen atoms in total. The Kier molecular flexibility index (Phi) is 8.11. The van der Waals surface area contributed by atoms with Crippen LogP contribution in [-0.4, -0.2) is 31.6 Å². The first-order valence-corrected chi connectivity index (χ1v) is 7.70. The van der Waals surface area contributed by atoms with E-state index >= 15 is 0 Å². The number of halogens is 1. The number of benzene rings is 1. The first kappa shape index (κ1) is 16.5. The van der Waals surface area contributed by atoms with Crippen LogP contribution in [0.4, 0.5) is 0 Å². The summed E-state index contributed by atoms with van der Waals surface area (Å²) in [6.07, 6.45) is 3.67. The quantitative estimate of drug-likeness (QED) is 0.686. The van der Waals surface area contributed by atoms with Crippen molar-refractivity contribution in [1.82, 2.24) is 10.2 Å². The lowest BCUT2D eigenvalue weighted by Crippen LogP contribution is -2.25. The van der Waals surface area contributed by atoms with E-state index in [4.69, 9.17) is 11.6 Å². The second kappa shape index (κ2) is 9.35. The molecule has 1 aromatic carbocycles. The molecule has 1 unspecified atom stereocenters. The van der Waals surface area contributed by atoms with Gasteiger partial charge in [0.1, 0.15) is 0 Å². The van der Waals surface area contributed by atoms with Gasteiger partial charge in [-0.1, -0.05) is 36.7 Å². The number of unbranched alkanes of at least 4 members (excludes halogenated alkanes) is 1. The van der Waals surface area contributed by atoms with Gasteiger partial charge in [0.15, 0.2) is 0 Å². The molecule has 0 saturated heterocycles. The number of nitrogens with one attached hydrogen (secondary N) is 1. The summed E-state index contributed by atoms with van der Waals surface area (Å²) >= 11 is 6.25. The Bertz CT molecular complexity index is 354. The van der Waals surface area contributed by atoms with E-state index in [1.165, 1.54) is 24.8 Å². The molecule has 1 atom stereocenters. The minimum absolute atomic E-state index is 0.373. The molecule has 1 N–H and O–H groups in total. The maximum atomic E-state index is 6.25. The summed E-state index contributed by atoms with van der Waals surface area (Å²) in [5, 5.41) is 4.31. The lowest BCUT2D eigenvalue weighted by molar-refractivity contribution is 0.256. The van der Waals surface area contributed by atoms with E-state index in [-0.39, 0.29) is 0 Å². The van der Waals surface area contributed by atoms with E-state index in [1.54, 1.807) is 0 Å². The van der Waals surface area contributed by atoms with Gasteiger partial charge in [0.25, 0.3) is 0 Å². The predicted octanol–water partition coefficient (Wildman–Crippen LogP) is 4.11. The minimum Gasteiger partial charge on any atom is -0.317 e. The minimum atomic E-state index is 0.373. The topological polar surface area (TPSA) is 15.3 Å². The summed E-state index contributed by atoms with van der Waals surface area (Å²) in [5.41, 5.74) is 1.22. The maximum absolute atomic E-state index is 6.25. The van der Waals surface area contributed by atoms with Crippen molar-refractivity contribution in [2.24, 2.45) is 0 Å². The highest BCUT2D eigenvalue weighted by atomic mass is 35.5. The normalized spacial score (nSPS) is 12.9. The Balaban J connectivity index is 2.29. The van der Waals surface area contributed by atoms with Gasteiger partial charge < -0.3 is 5.32 Å². The molecule has 0 radical (unpaired) electrons. The maximum Gasteiger partial charge on any atom is 0.0453 e. The average Bonchev–Trinajstić information content (AvgIpc) is 2.42. The summed E-state index contributed by atoms with van der Waals surface area (Å²) in [4.78, 5) is 2.38. The van der Waals surface area contributed by atoms with E-state index in [9.17, 15) is 0 Å². The van der Waals surface area contributed by atoms with Crippen molar-refractivity contribution in [3.8, 4) is 0 Å². The van der Waals surface area contributed by atoms with Gasteiger partial charge in [-0.05, 0) is 64.5 Å². The van der Waals surface area contributed by atoms with Crippen molar-refractivity contribution in [2.75, 3.05) is 26.7 Å². The van der Waals surface area contributed by atoms with E-state index in [0.29, 0.717) is 6.04 Å². The monoisotopic (exact) mass is 282 g/mol. The molecule has 0 saturated carbocycles. The number of rotatable bonds is 9. The molecule has 19 heavy (non-hydrogen) atoms. The molecule has 1 aromatic rings. The molecule has 0 bridgehead atoms. The van der Waals surface area contributed by atoms with Crippen LogP contribution in [0, 0.1) is 0 Å². The first-order valence-electron chi connectivity index (χ1n) is 7.32. The van der Waals surface area contributed by atoms with Crippen molar-refractivity contribution < 1.29 is 0 Å².